The van der Waals surface area contributed by atoms with E-state index in [0.29, 0.717) is 26.3 Å². The lowest BCUT2D eigenvalue weighted by atomic mass is 10.1. The van der Waals surface area contributed by atoms with E-state index in [1.807, 2.05) is 12.1 Å². The molecule has 1 aromatic heterocycles. The maximum Gasteiger partial charge on any atom is 0.425 e. The van der Waals surface area contributed by atoms with Crippen molar-refractivity contribution < 1.29 is 4.42 Å². The van der Waals surface area contributed by atoms with Crippen LogP contribution in [0.3, 0.4) is 0 Å². The van der Waals surface area contributed by atoms with Crippen LogP contribution in [0.4, 0.5) is 0 Å². The lowest BCUT2D eigenvalue weighted by molar-refractivity contribution is 0.507. The summed E-state index contributed by atoms with van der Waals surface area (Å²) < 4.78 is 7.24. The molecule has 0 N–H and O–H groups in total. The molecule has 0 aliphatic heterocycles. The summed E-state index contributed by atoms with van der Waals surface area (Å²) in [6.07, 6.45) is 6.00. The highest BCUT2D eigenvalue weighted by molar-refractivity contribution is 7.71. The van der Waals surface area contributed by atoms with Crippen LogP contribution in [0.15, 0.2) is 51.7 Å². The van der Waals surface area contributed by atoms with Gasteiger partial charge in [-0.1, -0.05) is 62.1 Å². The molecule has 0 unspecified atom stereocenters. The van der Waals surface area contributed by atoms with E-state index in [4.69, 9.17) is 28.2 Å². The second-order valence-electron chi connectivity index (χ2n) is 6.13. The van der Waals surface area contributed by atoms with Crippen LogP contribution in [0.1, 0.15) is 38.2 Å². The number of aromatic nitrogens is 1. The first-order chi connectivity index (χ1) is 12.1. The molecule has 0 fully saturated rings. The quantitative estimate of drug-likeness (QED) is 0.387. The molecule has 0 amide bonds. The Bertz CT molecular complexity index is 989. The molecule has 0 atom stereocenters. The third-order valence-corrected chi connectivity index (χ3v) is 4.91. The standard InChI is InChI=1S/C20H20ClNO2S/c1-2-3-4-5-6-14-7-10-16(11-8-14)22-19(25)17-12-9-15(21)13-18(17)24-20(22)23/h7-13H,2-6H2,1H3. The fourth-order valence-electron chi connectivity index (χ4n) is 2.89. The van der Waals surface area contributed by atoms with E-state index < -0.39 is 5.76 Å². The van der Waals surface area contributed by atoms with E-state index in [1.165, 1.54) is 35.8 Å². The molecule has 3 rings (SSSR count). The minimum Gasteiger partial charge on any atom is -0.409 e. The van der Waals surface area contributed by atoms with E-state index in [2.05, 4.69) is 19.1 Å². The van der Waals surface area contributed by atoms with Crippen LogP contribution >= 0.6 is 23.8 Å². The summed E-state index contributed by atoms with van der Waals surface area (Å²) in [5, 5.41) is 1.21. The fourth-order valence-corrected chi connectivity index (χ4v) is 3.40. The van der Waals surface area contributed by atoms with Crippen LogP contribution < -0.4 is 5.76 Å². The highest BCUT2D eigenvalue weighted by Gasteiger charge is 2.09. The van der Waals surface area contributed by atoms with Crippen molar-refractivity contribution in [2.45, 2.75) is 39.0 Å². The molecule has 0 saturated carbocycles. The zero-order valence-electron chi connectivity index (χ0n) is 14.1. The molecule has 0 saturated heterocycles. The van der Waals surface area contributed by atoms with Crippen molar-refractivity contribution in [1.82, 2.24) is 4.57 Å². The van der Waals surface area contributed by atoms with Crippen molar-refractivity contribution in [3.8, 4) is 5.69 Å². The lowest BCUT2D eigenvalue weighted by Gasteiger charge is -2.08. The van der Waals surface area contributed by atoms with E-state index in [1.54, 1.807) is 18.2 Å². The van der Waals surface area contributed by atoms with Gasteiger partial charge in [-0.25, -0.2) is 9.36 Å². The van der Waals surface area contributed by atoms with Gasteiger partial charge in [0, 0.05) is 11.1 Å². The van der Waals surface area contributed by atoms with Gasteiger partial charge in [0.05, 0.1) is 11.1 Å². The highest BCUT2D eigenvalue weighted by atomic mass is 35.5. The highest BCUT2D eigenvalue weighted by Crippen LogP contribution is 2.21. The smallest absolute Gasteiger partial charge is 0.409 e. The fraction of sp³-hybridized carbons (Fsp3) is 0.300. The van der Waals surface area contributed by atoms with Crippen molar-refractivity contribution in [2.24, 2.45) is 0 Å². The Kier molecular flexibility index (Phi) is 5.71. The van der Waals surface area contributed by atoms with Gasteiger partial charge in [0.1, 0.15) is 10.2 Å². The Labute approximate surface area is 156 Å². The maximum absolute atomic E-state index is 12.4. The van der Waals surface area contributed by atoms with Crippen LogP contribution in [-0.4, -0.2) is 4.57 Å². The van der Waals surface area contributed by atoms with Crippen LogP contribution in [0.2, 0.25) is 5.02 Å². The normalized spacial score (nSPS) is 11.1. The van der Waals surface area contributed by atoms with Crippen molar-refractivity contribution in [2.75, 3.05) is 0 Å². The Morgan fingerprint density at radius 3 is 2.56 bits per heavy atom. The average Bonchev–Trinajstić information content (AvgIpc) is 2.59. The predicted molar refractivity (Wildman–Crippen MR) is 106 cm³/mol. The summed E-state index contributed by atoms with van der Waals surface area (Å²) in [6, 6.07) is 13.1. The first-order valence-corrected chi connectivity index (χ1v) is 9.33. The lowest BCUT2D eigenvalue weighted by Crippen LogP contribution is -2.18. The molecule has 0 radical (unpaired) electrons. The zero-order chi connectivity index (χ0) is 17.8. The van der Waals surface area contributed by atoms with Gasteiger partial charge in [0.25, 0.3) is 0 Å². The number of unbranched alkanes of at least 4 members (excludes halogenated alkanes) is 3. The van der Waals surface area contributed by atoms with Gasteiger partial charge in [-0.2, -0.15) is 0 Å². The molecule has 0 aliphatic carbocycles. The summed E-state index contributed by atoms with van der Waals surface area (Å²) in [5.74, 6) is -0.504. The molecular weight excluding hydrogens is 354 g/mol. The predicted octanol–water partition coefficient (Wildman–Crippen LogP) is 6.09. The van der Waals surface area contributed by atoms with Gasteiger partial charge < -0.3 is 4.42 Å². The number of benzene rings is 2. The molecule has 0 bridgehead atoms. The van der Waals surface area contributed by atoms with Gasteiger partial charge >= 0.3 is 5.76 Å². The van der Waals surface area contributed by atoms with Gasteiger partial charge in [-0.05, 0) is 42.7 Å². The number of halogens is 1. The Hall–Kier alpha value is -1.91. The topological polar surface area (TPSA) is 35.1 Å². The second-order valence-corrected chi connectivity index (χ2v) is 6.95. The van der Waals surface area contributed by atoms with Crippen LogP contribution in [0, 0.1) is 4.64 Å². The van der Waals surface area contributed by atoms with Crippen molar-refractivity contribution in [1.29, 1.82) is 0 Å². The molecular formula is C20H20ClNO2S. The molecule has 3 nitrogen and oxygen atoms in total. The van der Waals surface area contributed by atoms with E-state index >= 15 is 0 Å². The summed E-state index contributed by atoms with van der Waals surface area (Å²) in [6.45, 7) is 2.21. The summed E-state index contributed by atoms with van der Waals surface area (Å²) >= 11 is 11.5. The number of fused-ring (bicyclic) bond motifs is 1. The minimum absolute atomic E-state index is 0.409. The number of hydrogen-bond donors (Lipinski definition) is 0. The second kappa shape index (κ2) is 7.98. The number of nitrogens with zero attached hydrogens (tertiary/aromatic N) is 1. The molecule has 5 heteroatoms. The SMILES string of the molecule is CCCCCCc1ccc(-n2c(=O)oc3cc(Cl)ccc3c2=S)cc1. The third kappa shape index (κ3) is 4.02. The largest absolute Gasteiger partial charge is 0.425 e. The van der Waals surface area contributed by atoms with Crippen LogP contribution in [0.25, 0.3) is 16.7 Å². The van der Waals surface area contributed by atoms with Crippen LogP contribution in [0.5, 0.6) is 0 Å². The molecule has 25 heavy (non-hydrogen) atoms. The van der Waals surface area contributed by atoms with E-state index in [9.17, 15) is 4.79 Å². The van der Waals surface area contributed by atoms with Crippen molar-refractivity contribution in [3.05, 3.63) is 68.2 Å². The molecule has 130 valence electrons. The average molecular weight is 374 g/mol. The number of hydrogen-bond acceptors (Lipinski definition) is 3. The zero-order valence-corrected chi connectivity index (χ0v) is 15.7. The first kappa shape index (κ1) is 17.9. The Morgan fingerprint density at radius 2 is 1.84 bits per heavy atom. The van der Waals surface area contributed by atoms with Gasteiger partial charge in [0.15, 0.2) is 0 Å². The molecule has 0 aliphatic rings. The minimum atomic E-state index is -0.504. The Balaban J connectivity index is 1.93. The molecule has 0 spiro atoms. The first-order valence-electron chi connectivity index (χ1n) is 8.55. The van der Waals surface area contributed by atoms with Crippen molar-refractivity contribution >= 4 is 34.8 Å². The van der Waals surface area contributed by atoms with Gasteiger partial charge in [-0.15, -0.1) is 0 Å². The van der Waals surface area contributed by atoms with E-state index in [0.717, 1.165) is 6.42 Å². The third-order valence-electron chi connectivity index (χ3n) is 4.27. The molecule has 1 heterocycles. The number of aryl methyl sites for hydroxylation is 1. The molecule has 3 aromatic rings. The Morgan fingerprint density at radius 1 is 1.08 bits per heavy atom. The van der Waals surface area contributed by atoms with Gasteiger partial charge in [0.2, 0.25) is 0 Å². The van der Waals surface area contributed by atoms with Gasteiger partial charge in [-0.3, -0.25) is 0 Å². The monoisotopic (exact) mass is 373 g/mol. The van der Waals surface area contributed by atoms with Crippen molar-refractivity contribution in [3.63, 3.8) is 0 Å². The molecule has 2 aromatic carbocycles. The summed E-state index contributed by atoms with van der Waals surface area (Å²) in [4.78, 5) is 12.4. The summed E-state index contributed by atoms with van der Waals surface area (Å²) in [7, 11) is 0. The maximum atomic E-state index is 12.4. The van der Waals surface area contributed by atoms with E-state index in [-0.39, 0.29) is 0 Å². The summed E-state index contributed by atoms with van der Waals surface area (Å²) in [5.41, 5.74) is 2.39. The van der Waals surface area contributed by atoms with Crippen LogP contribution in [-0.2, 0) is 6.42 Å². The number of rotatable bonds is 6.